The first-order valence-electron chi connectivity index (χ1n) is 7.88. The summed E-state index contributed by atoms with van der Waals surface area (Å²) in [7, 11) is 2.16. The average Bonchev–Trinajstić information content (AvgIpc) is 2.56. The summed E-state index contributed by atoms with van der Waals surface area (Å²) in [6.07, 6.45) is 0. The van der Waals surface area contributed by atoms with Crippen LogP contribution < -0.4 is 4.90 Å². The molecule has 1 aliphatic heterocycles. The number of likely N-dealkylation sites (N-methyl/N-ethyl adjacent to an activating group) is 1. The molecule has 1 fully saturated rings. The Hall–Kier alpha value is -2.01. The molecule has 5 nitrogen and oxygen atoms in total. The maximum Gasteiger partial charge on any atom is 0.159 e. The number of piperazine rings is 1. The number of hydrogen-bond acceptors (Lipinski definition) is 5. The molecule has 0 atom stereocenters. The second-order valence-corrected chi connectivity index (χ2v) is 6.15. The highest BCUT2D eigenvalue weighted by molar-refractivity contribution is 5.71. The first kappa shape index (κ1) is 14.9. The Morgan fingerprint density at radius 1 is 0.955 bits per heavy atom. The van der Waals surface area contributed by atoms with Gasteiger partial charge in [-0.25, -0.2) is 4.98 Å². The van der Waals surface area contributed by atoms with Crippen LogP contribution in [-0.2, 0) is 0 Å². The molecule has 5 heteroatoms. The lowest BCUT2D eigenvalue weighted by Gasteiger charge is -2.34. The van der Waals surface area contributed by atoms with E-state index in [0.717, 1.165) is 49.1 Å². The molecule has 1 aromatic heterocycles. The van der Waals surface area contributed by atoms with Gasteiger partial charge in [-0.3, -0.25) is 0 Å². The van der Waals surface area contributed by atoms with Gasteiger partial charge >= 0.3 is 0 Å². The molecule has 1 saturated heterocycles. The number of rotatable bonds is 3. The molecular formula is C17H23N5. The fraction of sp³-hybridized carbons (Fsp3) is 0.471. The number of benzene rings is 1. The molecular weight excluding hydrogens is 274 g/mol. The number of nitrogens with zero attached hydrogens (tertiary/aromatic N) is 5. The Labute approximate surface area is 132 Å². The van der Waals surface area contributed by atoms with Crippen molar-refractivity contribution in [3.05, 3.63) is 36.2 Å². The zero-order chi connectivity index (χ0) is 15.5. The molecule has 116 valence electrons. The van der Waals surface area contributed by atoms with Crippen LogP contribution in [0.3, 0.4) is 0 Å². The van der Waals surface area contributed by atoms with Crippen LogP contribution in [-0.4, -0.2) is 53.3 Å². The van der Waals surface area contributed by atoms with Crippen LogP contribution in [0.2, 0.25) is 0 Å². The SMILES string of the molecule is CC(C)c1nnc(-c2ccccc2)c(N2CCN(C)CC2)n1. The number of hydrogen-bond donors (Lipinski definition) is 0. The summed E-state index contributed by atoms with van der Waals surface area (Å²) in [6, 6.07) is 10.2. The van der Waals surface area contributed by atoms with Gasteiger partial charge in [-0.15, -0.1) is 10.2 Å². The third kappa shape index (κ3) is 3.09. The lowest BCUT2D eigenvalue weighted by molar-refractivity contribution is 0.312. The summed E-state index contributed by atoms with van der Waals surface area (Å²) in [5.41, 5.74) is 1.96. The lowest BCUT2D eigenvalue weighted by atomic mass is 10.1. The summed E-state index contributed by atoms with van der Waals surface area (Å²) < 4.78 is 0. The fourth-order valence-electron chi connectivity index (χ4n) is 2.60. The van der Waals surface area contributed by atoms with Crippen LogP contribution in [0.5, 0.6) is 0 Å². The summed E-state index contributed by atoms with van der Waals surface area (Å²) in [5, 5.41) is 8.82. The van der Waals surface area contributed by atoms with Crippen molar-refractivity contribution in [2.75, 3.05) is 38.1 Å². The normalized spacial score (nSPS) is 16.3. The van der Waals surface area contributed by atoms with Crippen molar-refractivity contribution < 1.29 is 0 Å². The Morgan fingerprint density at radius 3 is 2.27 bits per heavy atom. The van der Waals surface area contributed by atoms with Gasteiger partial charge in [-0.2, -0.15) is 0 Å². The van der Waals surface area contributed by atoms with Crippen molar-refractivity contribution in [2.45, 2.75) is 19.8 Å². The number of aromatic nitrogens is 3. The first-order valence-corrected chi connectivity index (χ1v) is 7.88. The van der Waals surface area contributed by atoms with Crippen molar-refractivity contribution >= 4 is 5.82 Å². The van der Waals surface area contributed by atoms with Gasteiger partial charge in [0, 0.05) is 37.7 Å². The van der Waals surface area contributed by atoms with Crippen molar-refractivity contribution in [3.63, 3.8) is 0 Å². The summed E-state index contributed by atoms with van der Waals surface area (Å²) in [5.74, 6) is 2.06. The standard InChI is InChI=1S/C17H23N5/c1-13(2)16-18-17(22-11-9-21(3)10-12-22)15(19-20-16)14-7-5-4-6-8-14/h4-8,13H,9-12H2,1-3H3. The predicted octanol–water partition coefficient (Wildman–Crippen LogP) is 2.41. The Balaban J connectivity index is 2.02. The van der Waals surface area contributed by atoms with E-state index in [-0.39, 0.29) is 5.92 Å². The van der Waals surface area contributed by atoms with E-state index in [9.17, 15) is 0 Å². The third-order valence-electron chi connectivity index (χ3n) is 4.05. The molecule has 0 radical (unpaired) electrons. The smallest absolute Gasteiger partial charge is 0.159 e. The first-order chi connectivity index (χ1) is 10.6. The maximum atomic E-state index is 4.83. The predicted molar refractivity (Wildman–Crippen MR) is 89.1 cm³/mol. The van der Waals surface area contributed by atoms with Crippen molar-refractivity contribution in [1.82, 2.24) is 20.1 Å². The van der Waals surface area contributed by atoms with Crippen LogP contribution in [0.1, 0.15) is 25.6 Å². The van der Waals surface area contributed by atoms with E-state index >= 15 is 0 Å². The molecule has 0 aliphatic carbocycles. The van der Waals surface area contributed by atoms with E-state index in [4.69, 9.17) is 4.98 Å². The Bertz CT molecular complexity index is 618. The van der Waals surface area contributed by atoms with Gasteiger partial charge in [0.15, 0.2) is 11.6 Å². The molecule has 2 aromatic rings. The Morgan fingerprint density at radius 2 is 1.64 bits per heavy atom. The lowest BCUT2D eigenvalue weighted by Crippen LogP contribution is -2.45. The van der Waals surface area contributed by atoms with Crippen molar-refractivity contribution in [1.29, 1.82) is 0 Å². The molecule has 0 bridgehead atoms. The van der Waals surface area contributed by atoms with Crippen LogP contribution >= 0.6 is 0 Å². The maximum absolute atomic E-state index is 4.83. The zero-order valence-electron chi connectivity index (χ0n) is 13.5. The molecule has 0 unspecified atom stereocenters. The van der Waals surface area contributed by atoms with Crippen LogP contribution in [0.15, 0.2) is 30.3 Å². The Kier molecular flexibility index (Phi) is 4.34. The van der Waals surface area contributed by atoms with E-state index in [0.29, 0.717) is 0 Å². The van der Waals surface area contributed by atoms with Gasteiger partial charge in [0.2, 0.25) is 0 Å². The largest absolute Gasteiger partial charge is 0.352 e. The molecule has 0 N–H and O–H groups in total. The molecule has 3 rings (SSSR count). The van der Waals surface area contributed by atoms with E-state index in [1.54, 1.807) is 0 Å². The minimum atomic E-state index is 0.281. The summed E-state index contributed by atoms with van der Waals surface area (Å²) >= 11 is 0. The molecule has 2 heterocycles. The monoisotopic (exact) mass is 297 g/mol. The van der Waals surface area contributed by atoms with E-state index in [1.165, 1.54) is 0 Å². The highest BCUT2D eigenvalue weighted by atomic mass is 15.3. The van der Waals surface area contributed by atoms with E-state index in [1.807, 2.05) is 18.2 Å². The molecule has 1 aliphatic rings. The highest BCUT2D eigenvalue weighted by Crippen LogP contribution is 2.28. The van der Waals surface area contributed by atoms with Gasteiger partial charge in [0.25, 0.3) is 0 Å². The topological polar surface area (TPSA) is 45.2 Å². The van der Waals surface area contributed by atoms with Gasteiger partial charge in [-0.1, -0.05) is 44.2 Å². The highest BCUT2D eigenvalue weighted by Gasteiger charge is 2.21. The van der Waals surface area contributed by atoms with E-state index in [2.05, 4.69) is 53.0 Å². The molecule has 1 aromatic carbocycles. The minimum absolute atomic E-state index is 0.281. The van der Waals surface area contributed by atoms with Gasteiger partial charge in [-0.05, 0) is 7.05 Å². The molecule has 22 heavy (non-hydrogen) atoms. The van der Waals surface area contributed by atoms with Crippen LogP contribution in [0.4, 0.5) is 5.82 Å². The zero-order valence-corrected chi connectivity index (χ0v) is 13.5. The van der Waals surface area contributed by atoms with Gasteiger partial charge in [0.1, 0.15) is 5.69 Å². The van der Waals surface area contributed by atoms with Crippen LogP contribution in [0.25, 0.3) is 11.3 Å². The molecule has 0 amide bonds. The molecule has 0 saturated carbocycles. The van der Waals surface area contributed by atoms with Crippen molar-refractivity contribution in [2.24, 2.45) is 0 Å². The number of anilines is 1. The van der Waals surface area contributed by atoms with Gasteiger partial charge < -0.3 is 9.80 Å². The van der Waals surface area contributed by atoms with Crippen molar-refractivity contribution in [3.8, 4) is 11.3 Å². The average molecular weight is 297 g/mol. The van der Waals surface area contributed by atoms with Crippen LogP contribution in [0, 0.1) is 0 Å². The van der Waals surface area contributed by atoms with E-state index < -0.39 is 0 Å². The molecule has 0 spiro atoms. The quantitative estimate of drug-likeness (QED) is 0.870. The minimum Gasteiger partial charge on any atom is -0.352 e. The summed E-state index contributed by atoms with van der Waals surface area (Å²) in [4.78, 5) is 9.51. The second-order valence-electron chi connectivity index (χ2n) is 6.15. The second kappa shape index (κ2) is 6.40. The van der Waals surface area contributed by atoms with Gasteiger partial charge in [0.05, 0.1) is 0 Å². The summed E-state index contributed by atoms with van der Waals surface area (Å²) in [6.45, 7) is 8.27. The fourth-order valence-corrected chi connectivity index (χ4v) is 2.60. The third-order valence-corrected chi connectivity index (χ3v) is 4.05.